The molecule has 12 heteroatoms. The summed E-state index contributed by atoms with van der Waals surface area (Å²) in [6, 6.07) is 6.05. The number of hydrogen-bond acceptors (Lipinski definition) is 7. The van der Waals surface area contributed by atoms with E-state index >= 15 is 0 Å². The lowest BCUT2D eigenvalue weighted by atomic mass is 9.98. The third-order valence-electron chi connectivity index (χ3n) is 7.12. The number of nitrogens with two attached hydrogens (primary N) is 1. The largest absolute Gasteiger partial charge is 0.353 e. The number of carbonyl (C=O) groups excluding carboxylic acids is 1. The van der Waals surface area contributed by atoms with Crippen molar-refractivity contribution in [3.05, 3.63) is 52.3 Å². The number of piperidine rings is 1. The minimum Gasteiger partial charge on any atom is -0.353 e. The average molecular weight is 556 g/mol. The molecule has 38 heavy (non-hydrogen) atoms. The minimum absolute atomic E-state index is 0.0247. The van der Waals surface area contributed by atoms with Crippen LogP contribution in [0, 0.1) is 25.2 Å². The topological polar surface area (TPSA) is 126 Å². The fourth-order valence-corrected chi connectivity index (χ4v) is 6.05. The van der Waals surface area contributed by atoms with Crippen molar-refractivity contribution >= 4 is 44.7 Å². The van der Waals surface area contributed by atoms with Crippen LogP contribution in [0.2, 0.25) is 5.02 Å². The van der Waals surface area contributed by atoms with Gasteiger partial charge in [-0.15, -0.1) is 6.42 Å². The fraction of sp³-hybridized carbons (Fsp3) is 0.423. The molecule has 0 aliphatic carbocycles. The van der Waals surface area contributed by atoms with E-state index in [4.69, 9.17) is 33.8 Å². The molecule has 4 heterocycles. The van der Waals surface area contributed by atoms with Gasteiger partial charge in [0.2, 0.25) is 10.0 Å². The molecule has 0 spiro atoms. The summed E-state index contributed by atoms with van der Waals surface area (Å²) in [5, 5.41) is 5.13. The molecule has 200 valence electrons. The Morgan fingerprint density at radius 3 is 2.76 bits per heavy atom. The third kappa shape index (κ3) is 5.16. The average Bonchev–Trinajstić information content (AvgIpc) is 3.45. The predicted octanol–water partition coefficient (Wildman–Crippen LogP) is 2.83. The Hall–Kier alpha value is -3.33. The molecular weight excluding hydrogens is 526 g/mol. The normalized spacial score (nSPS) is 22.0. The van der Waals surface area contributed by atoms with Crippen LogP contribution in [0.25, 0.3) is 5.65 Å². The summed E-state index contributed by atoms with van der Waals surface area (Å²) in [6.45, 7) is 3.77. The standard InChI is InChI=1S/C26H30ClN7O3S/c1-4-17-14-32(15-20(17)28)25-16(2)13-34-24(29-25)12-22(30-34)23-7-5-6-10-33(23)26(35)19-11-18(27)8-9-21(19)31-38(3,36)37/h1,8-9,11-13,17,20,23,31H,5-7,10,14-15,28H2,2-3H3/t17-,20-,23-/m0/s1. The SMILES string of the molecule is C#C[C@H]1CN(c2nc3cc([C@@H]4CCCCN4C(=O)c4cc(Cl)ccc4NS(C)(=O)=O)nn3cc2C)C[C@@H]1N. The second kappa shape index (κ2) is 10.1. The molecule has 3 aromatic rings. The molecule has 2 aliphatic heterocycles. The number of terminal acetylenes is 1. The van der Waals surface area contributed by atoms with E-state index in [-0.39, 0.29) is 35.2 Å². The van der Waals surface area contributed by atoms with Crippen molar-refractivity contribution in [2.75, 3.05) is 35.5 Å². The van der Waals surface area contributed by atoms with Crippen LogP contribution in [0.4, 0.5) is 11.5 Å². The second-order valence-electron chi connectivity index (χ2n) is 10.0. The van der Waals surface area contributed by atoms with E-state index in [0.29, 0.717) is 30.3 Å². The van der Waals surface area contributed by atoms with Gasteiger partial charge in [-0.25, -0.2) is 17.9 Å². The summed E-state index contributed by atoms with van der Waals surface area (Å²) in [5.41, 5.74) is 8.94. The summed E-state index contributed by atoms with van der Waals surface area (Å²) in [6.07, 6.45) is 11.1. The first-order chi connectivity index (χ1) is 18.0. The summed E-state index contributed by atoms with van der Waals surface area (Å²) >= 11 is 6.19. The number of aromatic nitrogens is 3. The summed E-state index contributed by atoms with van der Waals surface area (Å²) in [4.78, 5) is 22.5. The van der Waals surface area contributed by atoms with Crippen LogP contribution in [0.3, 0.4) is 0 Å². The Morgan fingerprint density at radius 2 is 2.05 bits per heavy atom. The Labute approximate surface area is 227 Å². The van der Waals surface area contributed by atoms with E-state index < -0.39 is 10.0 Å². The molecular formula is C26H30ClN7O3S. The smallest absolute Gasteiger partial charge is 0.256 e. The van der Waals surface area contributed by atoms with Crippen molar-refractivity contribution in [2.24, 2.45) is 11.7 Å². The molecule has 0 unspecified atom stereocenters. The van der Waals surface area contributed by atoms with Crippen LogP contribution < -0.4 is 15.4 Å². The van der Waals surface area contributed by atoms with E-state index in [1.54, 1.807) is 15.5 Å². The first-order valence-corrected chi connectivity index (χ1v) is 14.7. The highest BCUT2D eigenvalue weighted by Crippen LogP contribution is 2.34. The number of fused-ring (bicyclic) bond motifs is 1. The van der Waals surface area contributed by atoms with Gasteiger partial charge in [-0.2, -0.15) is 5.10 Å². The lowest BCUT2D eigenvalue weighted by molar-refractivity contribution is 0.0607. The van der Waals surface area contributed by atoms with Gasteiger partial charge in [-0.3, -0.25) is 9.52 Å². The maximum Gasteiger partial charge on any atom is 0.256 e. The van der Waals surface area contributed by atoms with Gasteiger partial charge < -0.3 is 15.5 Å². The number of sulfonamides is 1. The van der Waals surface area contributed by atoms with Crippen LogP contribution in [0.1, 0.15) is 46.9 Å². The number of halogens is 1. The van der Waals surface area contributed by atoms with Gasteiger partial charge in [0, 0.05) is 48.5 Å². The lowest BCUT2D eigenvalue weighted by Gasteiger charge is -2.35. The Bertz CT molecular complexity index is 1550. The molecule has 10 nitrogen and oxygen atoms in total. The van der Waals surface area contributed by atoms with Crippen molar-refractivity contribution in [3.8, 4) is 12.3 Å². The maximum atomic E-state index is 13.8. The number of rotatable bonds is 5. The van der Waals surface area contributed by atoms with Crippen molar-refractivity contribution in [1.82, 2.24) is 19.5 Å². The number of carbonyl (C=O) groups is 1. The summed E-state index contributed by atoms with van der Waals surface area (Å²) < 4.78 is 28.0. The molecule has 2 fully saturated rings. The Morgan fingerprint density at radius 1 is 1.26 bits per heavy atom. The highest BCUT2D eigenvalue weighted by molar-refractivity contribution is 7.92. The number of benzene rings is 1. The van der Waals surface area contributed by atoms with Gasteiger partial charge in [0.05, 0.1) is 35.2 Å². The van der Waals surface area contributed by atoms with Gasteiger partial charge in [0.1, 0.15) is 5.82 Å². The first-order valence-electron chi connectivity index (χ1n) is 12.5. The molecule has 2 aromatic heterocycles. The van der Waals surface area contributed by atoms with E-state index in [0.717, 1.165) is 42.6 Å². The highest BCUT2D eigenvalue weighted by atomic mass is 35.5. The quantitative estimate of drug-likeness (QED) is 0.464. The van der Waals surface area contributed by atoms with Crippen LogP contribution in [0.15, 0.2) is 30.5 Å². The van der Waals surface area contributed by atoms with Crippen LogP contribution in [0.5, 0.6) is 0 Å². The number of anilines is 2. The maximum absolute atomic E-state index is 13.8. The number of likely N-dealkylation sites (tertiary alicyclic amines) is 1. The lowest BCUT2D eigenvalue weighted by Crippen LogP contribution is -2.39. The van der Waals surface area contributed by atoms with Gasteiger partial charge in [0.25, 0.3) is 5.91 Å². The van der Waals surface area contributed by atoms with Crippen molar-refractivity contribution in [1.29, 1.82) is 0 Å². The van der Waals surface area contributed by atoms with E-state index in [1.807, 2.05) is 19.2 Å². The van der Waals surface area contributed by atoms with Crippen LogP contribution in [-0.4, -0.2) is 65.8 Å². The molecule has 3 atom stereocenters. The van der Waals surface area contributed by atoms with Crippen molar-refractivity contribution in [2.45, 2.75) is 38.3 Å². The van der Waals surface area contributed by atoms with Crippen molar-refractivity contribution < 1.29 is 13.2 Å². The molecule has 1 aromatic carbocycles. The van der Waals surface area contributed by atoms with Gasteiger partial charge in [0.15, 0.2) is 5.65 Å². The summed E-state index contributed by atoms with van der Waals surface area (Å²) in [7, 11) is -3.59. The zero-order valence-corrected chi connectivity index (χ0v) is 22.8. The van der Waals surface area contributed by atoms with Crippen LogP contribution >= 0.6 is 11.6 Å². The number of amides is 1. The minimum atomic E-state index is -3.59. The zero-order chi connectivity index (χ0) is 27.2. The van der Waals surface area contributed by atoms with Gasteiger partial charge in [-0.1, -0.05) is 17.5 Å². The van der Waals surface area contributed by atoms with E-state index in [9.17, 15) is 13.2 Å². The number of nitrogens with zero attached hydrogens (tertiary/aromatic N) is 5. The number of aryl methyl sites for hydroxylation is 1. The molecule has 0 radical (unpaired) electrons. The van der Waals surface area contributed by atoms with Crippen molar-refractivity contribution in [3.63, 3.8) is 0 Å². The first kappa shape index (κ1) is 26.3. The molecule has 2 aliphatic rings. The van der Waals surface area contributed by atoms with E-state index in [2.05, 4.69) is 15.5 Å². The monoisotopic (exact) mass is 555 g/mol. The predicted molar refractivity (Wildman–Crippen MR) is 148 cm³/mol. The summed E-state index contributed by atoms with van der Waals surface area (Å²) in [5.74, 6) is 3.26. The molecule has 0 saturated carbocycles. The molecule has 5 rings (SSSR count). The second-order valence-corrected chi connectivity index (χ2v) is 12.2. The third-order valence-corrected chi connectivity index (χ3v) is 7.94. The number of nitrogens with one attached hydrogen (secondary N) is 1. The highest BCUT2D eigenvalue weighted by Gasteiger charge is 2.33. The molecule has 3 N–H and O–H groups in total. The Kier molecular flexibility index (Phi) is 6.98. The Balaban J connectivity index is 1.48. The number of hydrogen-bond donors (Lipinski definition) is 2. The molecule has 1 amide bonds. The molecule has 2 saturated heterocycles. The fourth-order valence-electron chi connectivity index (χ4n) is 5.30. The molecule has 0 bridgehead atoms. The zero-order valence-electron chi connectivity index (χ0n) is 21.3. The van der Waals surface area contributed by atoms with Gasteiger partial charge >= 0.3 is 0 Å². The van der Waals surface area contributed by atoms with Gasteiger partial charge in [-0.05, 0) is 44.4 Å². The van der Waals surface area contributed by atoms with Crippen LogP contribution in [-0.2, 0) is 10.0 Å². The van der Waals surface area contributed by atoms with E-state index in [1.165, 1.54) is 12.1 Å².